The normalized spacial score (nSPS) is 12.7. The van der Waals surface area contributed by atoms with Crippen LogP contribution in [0, 0.1) is 0 Å². The average Bonchev–Trinajstić information content (AvgIpc) is 3.24. The summed E-state index contributed by atoms with van der Waals surface area (Å²) in [5.41, 5.74) is 1.85. The van der Waals surface area contributed by atoms with Gasteiger partial charge in [0, 0.05) is 11.6 Å². The molecule has 0 saturated carbocycles. The Balaban J connectivity index is 1.59. The van der Waals surface area contributed by atoms with Gasteiger partial charge in [-0.15, -0.1) is 0 Å². The Bertz CT molecular complexity index is 967. The first kappa shape index (κ1) is 20.1. The Morgan fingerprint density at radius 2 is 1.69 bits per heavy atom. The van der Waals surface area contributed by atoms with Crippen LogP contribution in [0.4, 0.5) is 0 Å². The van der Waals surface area contributed by atoms with E-state index in [4.69, 9.17) is 9.26 Å². The lowest BCUT2D eigenvalue weighted by Gasteiger charge is -2.18. The monoisotopic (exact) mass is 393 g/mol. The number of rotatable bonds is 7. The third-order valence-electron chi connectivity index (χ3n) is 4.52. The molecule has 7 nitrogen and oxygen atoms in total. The van der Waals surface area contributed by atoms with Crippen LogP contribution in [0.2, 0.25) is 0 Å². The molecule has 3 rings (SSSR count). The second-order valence-electron chi connectivity index (χ2n) is 6.64. The van der Waals surface area contributed by atoms with E-state index in [0.29, 0.717) is 5.76 Å². The van der Waals surface area contributed by atoms with Gasteiger partial charge in [0.05, 0.1) is 13.2 Å². The van der Waals surface area contributed by atoms with E-state index in [0.717, 1.165) is 16.9 Å². The molecule has 0 spiro atoms. The molecule has 150 valence electrons. The van der Waals surface area contributed by atoms with Crippen LogP contribution in [0.1, 0.15) is 35.9 Å². The summed E-state index contributed by atoms with van der Waals surface area (Å²) in [4.78, 5) is 24.8. The number of amides is 2. The van der Waals surface area contributed by atoms with E-state index in [1.807, 2.05) is 49.4 Å². The predicted molar refractivity (Wildman–Crippen MR) is 108 cm³/mol. The number of benzene rings is 2. The lowest BCUT2D eigenvalue weighted by atomic mass is 10.1. The molecule has 2 N–H and O–H groups in total. The maximum absolute atomic E-state index is 12.4. The van der Waals surface area contributed by atoms with Gasteiger partial charge in [-0.2, -0.15) is 0 Å². The van der Waals surface area contributed by atoms with Crippen LogP contribution < -0.4 is 15.4 Å². The number of hydrogen-bond donors (Lipinski definition) is 2. The van der Waals surface area contributed by atoms with Gasteiger partial charge in [-0.1, -0.05) is 35.5 Å². The zero-order valence-electron chi connectivity index (χ0n) is 16.5. The molecule has 0 aliphatic rings. The van der Waals surface area contributed by atoms with Crippen LogP contribution >= 0.6 is 0 Å². The van der Waals surface area contributed by atoms with E-state index in [1.165, 1.54) is 6.07 Å². The Morgan fingerprint density at radius 3 is 2.34 bits per heavy atom. The molecule has 0 bridgehead atoms. The summed E-state index contributed by atoms with van der Waals surface area (Å²) in [5.74, 6) is 0.403. The molecule has 0 radical (unpaired) electrons. The molecule has 2 unspecified atom stereocenters. The Hall–Kier alpha value is -3.61. The predicted octanol–water partition coefficient (Wildman–Crippen LogP) is 3.35. The van der Waals surface area contributed by atoms with Crippen molar-refractivity contribution in [3.8, 4) is 17.1 Å². The van der Waals surface area contributed by atoms with Gasteiger partial charge in [0.2, 0.25) is 5.91 Å². The molecule has 0 fully saturated rings. The topological polar surface area (TPSA) is 93.5 Å². The minimum atomic E-state index is -0.727. The van der Waals surface area contributed by atoms with E-state index in [9.17, 15) is 9.59 Å². The summed E-state index contributed by atoms with van der Waals surface area (Å²) < 4.78 is 10.4. The van der Waals surface area contributed by atoms with Crippen LogP contribution in [0.25, 0.3) is 11.3 Å². The van der Waals surface area contributed by atoms with Crippen molar-refractivity contribution in [3.05, 3.63) is 71.9 Å². The Morgan fingerprint density at radius 1 is 1.00 bits per heavy atom. The Kier molecular flexibility index (Phi) is 6.29. The van der Waals surface area contributed by atoms with Gasteiger partial charge in [0.1, 0.15) is 11.8 Å². The van der Waals surface area contributed by atoms with E-state index in [1.54, 1.807) is 26.2 Å². The van der Waals surface area contributed by atoms with Crippen molar-refractivity contribution in [2.75, 3.05) is 7.11 Å². The molecule has 2 atom stereocenters. The number of carbonyl (C=O) groups excluding carboxylic acids is 2. The lowest BCUT2D eigenvalue weighted by Crippen LogP contribution is -2.45. The summed E-state index contributed by atoms with van der Waals surface area (Å²) in [6.45, 7) is 3.51. The zero-order valence-corrected chi connectivity index (χ0v) is 16.5. The molecule has 1 heterocycles. The minimum absolute atomic E-state index is 0.103. The summed E-state index contributed by atoms with van der Waals surface area (Å²) >= 11 is 0. The van der Waals surface area contributed by atoms with Crippen LogP contribution in [-0.2, 0) is 4.79 Å². The average molecular weight is 393 g/mol. The van der Waals surface area contributed by atoms with Crippen molar-refractivity contribution in [2.45, 2.75) is 25.9 Å². The van der Waals surface area contributed by atoms with E-state index in [-0.39, 0.29) is 17.6 Å². The van der Waals surface area contributed by atoms with Crippen molar-refractivity contribution in [1.82, 2.24) is 15.8 Å². The quantitative estimate of drug-likeness (QED) is 0.642. The number of carbonyl (C=O) groups is 2. The molecule has 0 aliphatic heterocycles. The van der Waals surface area contributed by atoms with Gasteiger partial charge in [0.25, 0.3) is 5.91 Å². The fourth-order valence-electron chi connectivity index (χ4n) is 2.77. The highest BCUT2D eigenvalue weighted by Crippen LogP contribution is 2.23. The number of ether oxygens (including phenoxy) is 1. The fourth-order valence-corrected chi connectivity index (χ4v) is 2.77. The number of aromatic nitrogens is 1. The second kappa shape index (κ2) is 9.05. The maximum Gasteiger partial charge on any atom is 0.274 e. The molecule has 3 aromatic rings. The molecule has 29 heavy (non-hydrogen) atoms. The number of methoxy groups -OCH3 is 1. The summed E-state index contributed by atoms with van der Waals surface area (Å²) in [6.07, 6.45) is 0. The number of nitrogens with one attached hydrogen (secondary N) is 2. The summed E-state index contributed by atoms with van der Waals surface area (Å²) in [6, 6.07) is 17.4. The highest BCUT2D eigenvalue weighted by molar-refractivity contribution is 5.96. The first-order chi connectivity index (χ1) is 14.0. The summed E-state index contributed by atoms with van der Waals surface area (Å²) in [7, 11) is 1.59. The third kappa shape index (κ3) is 5.01. The second-order valence-corrected chi connectivity index (χ2v) is 6.64. The van der Waals surface area contributed by atoms with E-state index < -0.39 is 11.9 Å². The SMILES string of the molecule is COc1ccc(-c2cc(C(=O)NC(C)C(=O)NC(C)c3ccccc3)no2)cc1. The standard InChI is InChI=1S/C22H23N3O4/c1-14(16-7-5-4-6-8-16)23-21(26)15(2)24-22(27)19-13-20(29-25-19)17-9-11-18(28-3)12-10-17/h4-15H,1-3H3,(H,23,26)(H,24,27). The zero-order chi connectivity index (χ0) is 20.8. The van der Waals surface area contributed by atoms with Gasteiger partial charge in [-0.05, 0) is 43.7 Å². The first-order valence-electron chi connectivity index (χ1n) is 9.25. The molecule has 0 saturated heterocycles. The van der Waals surface area contributed by atoms with Gasteiger partial charge in [-0.3, -0.25) is 9.59 Å². The van der Waals surface area contributed by atoms with Crippen LogP contribution in [0.15, 0.2) is 65.2 Å². The number of hydrogen-bond acceptors (Lipinski definition) is 5. The molecule has 2 amide bonds. The first-order valence-corrected chi connectivity index (χ1v) is 9.25. The molecule has 0 aliphatic carbocycles. The third-order valence-corrected chi connectivity index (χ3v) is 4.52. The van der Waals surface area contributed by atoms with Gasteiger partial charge >= 0.3 is 0 Å². The molecular formula is C22H23N3O4. The number of nitrogens with zero attached hydrogens (tertiary/aromatic N) is 1. The van der Waals surface area contributed by atoms with Crippen LogP contribution in [0.5, 0.6) is 5.75 Å². The molecule has 7 heteroatoms. The highest BCUT2D eigenvalue weighted by atomic mass is 16.5. The molecule has 2 aromatic carbocycles. The summed E-state index contributed by atoms with van der Waals surface area (Å²) in [5, 5.41) is 9.33. The smallest absolute Gasteiger partial charge is 0.274 e. The van der Waals surface area contributed by atoms with E-state index >= 15 is 0 Å². The highest BCUT2D eigenvalue weighted by Gasteiger charge is 2.21. The van der Waals surface area contributed by atoms with Gasteiger partial charge < -0.3 is 19.9 Å². The van der Waals surface area contributed by atoms with Crippen molar-refractivity contribution in [2.24, 2.45) is 0 Å². The van der Waals surface area contributed by atoms with Crippen molar-refractivity contribution in [1.29, 1.82) is 0 Å². The van der Waals surface area contributed by atoms with Gasteiger partial charge in [-0.25, -0.2) is 0 Å². The van der Waals surface area contributed by atoms with Crippen molar-refractivity contribution < 1.29 is 18.8 Å². The largest absolute Gasteiger partial charge is 0.497 e. The maximum atomic E-state index is 12.4. The Labute approximate surface area is 169 Å². The van der Waals surface area contributed by atoms with Crippen molar-refractivity contribution in [3.63, 3.8) is 0 Å². The fraction of sp³-hybridized carbons (Fsp3) is 0.227. The molecular weight excluding hydrogens is 370 g/mol. The lowest BCUT2D eigenvalue weighted by molar-refractivity contribution is -0.123. The minimum Gasteiger partial charge on any atom is -0.497 e. The molecule has 1 aromatic heterocycles. The van der Waals surface area contributed by atoms with Gasteiger partial charge in [0.15, 0.2) is 11.5 Å². The van der Waals surface area contributed by atoms with Crippen LogP contribution in [0.3, 0.4) is 0 Å². The van der Waals surface area contributed by atoms with E-state index in [2.05, 4.69) is 15.8 Å². The van der Waals surface area contributed by atoms with Crippen molar-refractivity contribution >= 4 is 11.8 Å². The van der Waals surface area contributed by atoms with Crippen LogP contribution in [-0.4, -0.2) is 30.1 Å².